The van der Waals surface area contributed by atoms with E-state index in [4.69, 9.17) is 5.73 Å². The van der Waals surface area contributed by atoms with Crippen LogP contribution in [0.3, 0.4) is 0 Å². The van der Waals surface area contributed by atoms with Crippen molar-refractivity contribution in [3.8, 4) is 10.7 Å². The van der Waals surface area contributed by atoms with Gasteiger partial charge in [0.05, 0.1) is 24.1 Å². The van der Waals surface area contributed by atoms with Gasteiger partial charge in [-0.3, -0.25) is 0 Å². The van der Waals surface area contributed by atoms with E-state index in [1.165, 1.54) is 4.88 Å². The van der Waals surface area contributed by atoms with Crippen molar-refractivity contribution in [1.82, 2.24) is 15.0 Å². The molecule has 0 unspecified atom stereocenters. The number of imidazole rings is 1. The third kappa shape index (κ3) is 1.56. The van der Waals surface area contributed by atoms with Crippen LogP contribution in [0, 0.1) is 13.8 Å². The van der Waals surface area contributed by atoms with E-state index in [-0.39, 0.29) is 0 Å². The van der Waals surface area contributed by atoms with Gasteiger partial charge in [0.2, 0.25) is 0 Å². The van der Waals surface area contributed by atoms with Crippen molar-refractivity contribution in [2.45, 2.75) is 20.4 Å². The number of rotatable bonds is 2. The molecule has 0 saturated carbocycles. The zero-order valence-corrected chi connectivity index (χ0v) is 8.98. The van der Waals surface area contributed by atoms with Crippen LogP contribution < -0.4 is 5.73 Å². The summed E-state index contributed by atoms with van der Waals surface area (Å²) in [4.78, 5) is 12.9. The fraction of sp³-hybridized carbons (Fsp3) is 0.333. The quantitative estimate of drug-likeness (QED) is 0.787. The first-order valence-electron chi connectivity index (χ1n) is 4.39. The molecule has 2 rings (SSSR count). The van der Waals surface area contributed by atoms with E-state index in [0.717, 1.165) is 22.2 Å². The lowest BCUT2D eigenvalue weighted by molar-refractivity contribution is 0.950. The predicted octanol–water partition coefficient (Wildman–Crippen LogP) is 1.61. The summed E-state index contributed by atoms with van der Waals surface area (Å²) in [7, 11) is 0. The van der Waals surface area contributed by atoms with Gasteiger partial charge in [0.15, 0.2) is 0 Å². The average molecular weight is 208 g/mol. The van der Waals surface area contributed by atoms with E-state index >= 15 is 0 Å². The van der Waals surface area contributed by atoms with Crippen molar-refractivity contribution < 1.29 is 0 Å². The molecule has 2 aromatic rings. The summed E-state index contributed by atoms with van der Waals surface area (Å²) in [6.45, 7) is 4.51. The molecular formula is C9H12N4S. The number of H-pyrrole nitrogens is 1. The van der Waals surface area contributed by atoms with Crippen molar-refractivity contribution in [2.75, 3.05) is 0 Å². The summed E-state index contributed by atoms with van der Waals surface area (Å²) < 4.78 is 0. The van der Waals surface area contributed by atoms with Crippen molar-refractivity contribution in [3.05, 3.63) is 22.6 Å². The molecule has 0 fully saturated rings. The zero-order valence-electron chi connectivity index (χ0n) is 8.16. The second kappa shape index (κ2) is 3.51. The van der Waals surface area contributed by atoms with Gasteiger partial charge in [-0.15, -0.1) is 11.3 Å². The van der Waals surface area contributed by atoms with Crippen LogP contribution in [0.2, 0.25) is 0 Å². The summed E-state index contributed by atoms with van der Waals surface area (Å²) in [5.41, 5.74) is 7.49. The van der Waals surface area contributed by atoms with Crippen LogP contribution in [0.25, 0.3) is 10.7 Å². The van der Waals surface area contributed by atoms with Crippen LogP contribution in [0.5, 0.6) is 0 Å². The van der Waals surface area contributed by atoms with E-state index in [2.05, 4.69) is 21.9 Å². The van der Waals surface area contributed by atoms with Crippen molar-refractivity contribution in [1.29, 1.82) is 0 Å². The van der Waals surface area contributed by atoms with E-state index in [1.54, 1.807) is 17.5 Å². The SMILES string of the molecule is Cc1nc(-c2cnc(CN)[nH]2)sc1C. The molecule has 0 saturated heterocycles. The first-order valence-corrected chi connectivity index (χ1v) is 5.20. The molecule has 0 aromatic carbocycles. The summed E-state index contributed by atoms with van der Waals surface area (Å²) in [5.74, 6) is 0.797. The Hall–Kier alpha value is -1.20. The van der Waals surface area contributed by atoms with Gasteiger partial charge in [0.1, 0.15) is 10.8 Å². The van der Waals surface area contributed by atoms with Gasteiger partial charge in [-0.1, -0.05) is 0 Å². The lowest BCUT2D eigenvalue weighted by atomic mass is 10.4. The number of hydrogen-bond donors (Lipinski definition) is 2. The smallest absolute Gasteiger partial charge is 0.141 e. The van der Waals surface area contributed by atoms with Gasteiger partial charge in [-0.2, -0.15) is 0 Å². The number of aromatic amines is 1. The molecule has 0 aliphatic carbocycles. The van der Waals surface area contributed by atoms with Crippen LogP contribution in [0.1, 0.15) is 16.4 Å². The monoisotopic (exact) mass is 208 g/mol. The molecule has 14 heavy (non-hydrogen) atoms. The Bertz CT molecular complexity index is 424. The van der Waals surface area contributed by atoms with Crippen LogP contribution in [0.4, 0.5) is 0 Å². The highest BCUT2D eigenvalue weighted by atomic mass is 32.1. The Morgan fingerprint density at radius 2 is 2.29 bits per heavy atom. The van der Waals surface area contributed by atoms with Crippen molar-refractivity contribution >= 4 is 11.3 Å². The molecule has 2 heterocycles. The minimum absolute atomic E-state index is 0.434. The van der Waals surface area contributed by atoms with Gasteiger partial charge >= 0.3 is 0 Å². The van der Waals surface area contributed by atoms with E-state index in [9.17, 15) is 0 Å². The molecule has 0 aliphatic heterocycles. The van der Waals surface area contributed by atoms with E-state index < -0.39 is 0 Å². The van der Waals surface area contributed by atoms with Gasteiger partial charge in [-0.05, 0) is 13.8 Å². The normalized spacial score (nSPS) is 10.8. The minimum atomic E-state index is 0.434. The molecule has 0 radical (unpaired) electrons. The van der Waals surface area contributed by atoms with Crippen molar-refractivity contribution in [3.63, 3.8) is 0 Å². The lowest BCUT2D eigenvalue weighted by Crippen LogP contribution is -1.97. The molecule has 2 aromatic heterocycles. The first-order chi connectivity index (χ1) is 6.70. The van der Waals surface area contributed by atoms with Crippen LogP contribution in [-0.2, 0) is 6.54 Å². The predicted molar refractivity (Wildman–Crippen MR) is 57.1 cm³/mol. The molecule has 0 aliphatic rings. The van der Waals surface area contributed by atoms with Gasteiger partial charge in [0.25, 0.3) is 0 Å². The zero-order chi connectivity index (χ0) is 10.1. The largest absolute Gasteiger partial charge is 0.339 e. The number of nitrogens with zero attached hydrogens (tertiary/aromatic N) is 2. The van der Waals surface area contributed by atoms with Gasteiger partial charge in [0, 0.05) is 4.88 Å². The second-order valence-corrected chi connectivity index (χ2v) is 4.31. The highest BCUT2D eigenvalue weighted by Crippen LogP contribution is 2.25. The van der Waals surface area contributed by atoms with Gasteiger partial charge < -0.3 is 10.7 Å². The standard InChI is InChI=1S/C9H12N4S/c1-5-6(2)14-9(12-5)7-4-11-8(3-10)13-7/h4H,3,10H2,1-2H3,(H,11,13). The maximum Gasteiger partial charge on any atom is 0.141 e. The van der Waals surface area contributed by atoms with Crippen molar-refractivity contribution in [2.24, 2.45) is 5.73 Å². The number of thiazole rings is 1. The molecule has 74 valence electrons. The maximum absolute atomic E-state index is 5.47. The summed E-state index contributed by atoms with van der Waals surface area (Å²) in [6, 6.07) is 0. The highest BCUT2D eigenvalue weighted by Gasteiger charge is 2.08. The molecule has 0 amide bonds. The third-order valence-electron chi connectivity index (χ3n) is 2.08. The number of aromatic nitrogens is 3. The topological polar surface area (TPSA) is 67.6 Å². The Kier molecular flexibility index (Phi) is 2.35. The fourth-order valence-electron chi connectivity index (χ4n) is 1.16. The molecule has 4 nitrogen and oxygen atoms in total. The number of nitrogens with one attached hydrogen (secondary N) is 1. The molecule has 3 N–H and O–H groups in total. The summed E-state index contributed by atoms with van der Waals surface area (Å²) in [5, 5.41) is 0.979. The second-order valence-electron chi connectivity index (χ2n) is 3.11. The Balaban J connectivity index is 2.39. The molecule has 5 heteroatoms. The Morgan fingerprint density at radius 3 is 2.79 bits per heavy atom. The van der Waals surface area contributed by atoms with Crippen LogP contribution in [0.15, 0.2) is 6.20 Å². The Labute approximate surface area is 86.2 Å². The van der Waals surface area contributed by atoms with E-state index in [1.807, 2.05) is 6.92 Å². The fourth-order valence-corrected chi connectivity index (χ4v) is 2.04. The van der Waals surface area contributed by atoms with Crippen LogP contribution >= 0.6 is 11.3 Å². The summed E-state index contributed by atoms with van der Waals surface area (Å²) >= 11 is 1.67. The van der Waals surface area contributed by atoms with Gasteiger partial charge in [-0.25, -0.2) is 9.97 Å². The minimum Gasteiger partial charge on any atom is -0.339 e. The Morgan fingerprint density at radius 1 is 1.50 bits per heavy atom. The molecule has 0 bridgehead atoms. The number of aryl methyl sites for hydroxylation is 2. The van der Waals surface area contributed by atoms with E-state index in [0.29, 0.717) is 6.54 Å². The molecule has 0 atom stereocenters. The molecule has 0 spiro atoms. The average Bonchev–Trinajstić information content (AvgIpc) is 2.74. The number of nitrogens with two attached hydrogens (primary N) is 1. The van der Waals surface area contributed by atoms with Crippen LogP contribution in [-0.4, -0.2) is 15.0 Å². The maximum atomic E-state index is 5.47. The number of hydrogen-bond acceptors (Lipinski definition) is 4. The highest BCUT2D eigenvalue weighted by molar-refractivity contribution is 7.15. The lowest BCUT2D eigenvalue weighted by Gasteiger charge is -1.88. The first kappa shape index (κ1) is 9.36. The third-order valence-corrected chi connectivity index (χ3v) is 3.19. The summed E-state index contributed by atoms with van der Waals surface area (Å²) in [6.07, 6.45) is 1.78. The molecular weight excluding hydrogens is 196 g/mol.